The van der Waals surface area contributed by atoms with Gasteiger partial charge in [0.25, 0.3) is 5.56 Å². The quantitative estimate of drug-likeness (QED) is 0.889. The van der Waals surface area contributed by atoms with Gasteiger partial charge < -0.3 is 9.72 Å². The van der Waals surface area contributed by atoms with E-state index in [1.807, 2.05) is 13.2 Å². The number of aromatic nitrogens is 4. The lowest BCUT2D eigenvalue weighted by atomic mass is 10.1. The summed E-state index contributed by atoms with van der Waals surface area (Å²) >= 11 is 0. The second kappa shape index (κ2) is 4.97. The van der Waals surface area contributed by atoms with E-state index in [9.17, 15) is 4.79 Å². The number of nitrogens with one attached hydrogen (secondary N) is 1. The van der Waals surface area contributed by atoms with Crippen LogP contribution >= 0.6 is 0 Å². The summed E-state index contributed by atoms with van der Waals surface area (Å²) in [6.07, 6.45) is 6.49. The van der Waals surface area contributed by atoms with Crippen molar-refractivity contribution in [1.82, 2.24) is 19.7 Å². The topological polar surface area (TPSA) is 72.8 Å². The average Bonchev–Trinajstić information content (AvgIpc) is 3.00. The van der Waals surface area contributed by atoms with Crippen molar-refractivity contribution >= 4 is 0 Å². The third-order valence-electron chi connectivity index (χ3n) is 3.24. The third kappa shape index (κ3) is 2.73. The highest BCUT2D eigenvalue weighted by Gasteiger charge is 2.17. The van der Waals surface area contributed by atoms with Gasteiger partial charge in [0.2, 0.25) is 0 Å². The van der Waals surface area contributed by atoms with Crippen molar-refractivity contribution in [2.24, 2.45) is 7.05 Å². The molecule has 3 heterocycles. The van der Waals surface area contributed by atoms with Gasteiger partial charge in [-0.05, 0) is 12.8 Å². The van der Waals surface area contributed by atoms with Crippen molar-refractivity contribution in [3.63, 3.8) is 0 Å². The molecule has 1 unspecified atom stereocenters. The lowest BCUT2D eigenvalue weighted by Gasteiger charge is -2.08. The zero-order chi connectivity index (χ0) is 13.2. The van der Waals surface area contributed by atoms with E-state index in [0.717, 1.165) is 25.0 Å². The van der Waals surface area contributed by atoms with Crippen LogP contribution in [-0.4, -0.2) is 32.5 Å². The SMILES string of the molecule is Cn1cc(-c2cc(=O)[nH]c(CC3CCCO3)n2)cn1. The van der Waals surface area contributed by atoms with Gasteiger partial charge in [0.05, 0.1) is 18.0 Å². The van der Waals surface area contributed by atoms with E-state index in [4.69, 9.17) is 4.74 Å². The van der Waals surface area contributed by atoms with Gasteiger partial charge >= 0.3 is 0 Å². The standard InChI is InChI=1S/C13H16N4O2/c1-17-8-9(7-14-17)11-6-13(18)16-12(15-11)5-10-3-2-4-19-10/h6-8,10H,2-5H2,1H3,(H,15,16,18). The Hall–Kier alpha value is -1.95. The fraction of sp³-hybridized carbons (Fsp3) is 0.462. The first-order valence-corrected chi connectivity index (χ1v) is 6.41. The number of ether oxygens (including phenoxy) is 1. The van der Waals surface area contributed by atoms with Crippen LogP contribution in [0.5, 0.6) is 0 Å². The van der Waals surface area contributed by atoms with Crippen LogP contribution in [0.4, 0.5) is 0 Å². The molecule has 0 bridgehead atoms. The summed E-state index contributed by atoms with van der Waals surface area (Å²) in [6, 6.07) is 1.50. The fourth-order valence-electron chi connectivity index (χ4n) is 2.33. The second-order valence-electron chi connectivity index (χ2n) is 4.82. The van der Waals surface area contributed by atoms with Crippen LogP contribution in [0.3, 0.4) is 0 Å². The van der Waals surface area contributed by atoms with E-state index in [-0.39, 0.29) is 11.7 Å². The first-order chi connectivity index (χ1) is 9.20. The van der Waals surface area contributed by atoms with Gasteiger partial charge in [0, 0.05) is 37.9 Å². The maximum absolute atomic E-state index is 11.7. The molecule has 0 radical (unpaired) electrons. The molecule has 1 aliphatic heterocycles. The second-order valence-corrected chi connectivity index (χ2v) is 4.82. The molecule has 100 valence electrons. The van der Waals surface area contributed by atoms with Crippen LogP contribution in [-0.2, 0) is 18.2 Å². The number of hydrogen-bond acceptors (Lipinski definition) is 4. The Morgan fingerprint density at radius 1 is 1.58 bits per heavy atom. The molecule has 19 heavy (non-hydrogen) atoms. The molecule has 3 rings (SSSR count). The zero-order valence-electron chi connectivity index (χ0n) is 10.8. The molecule has 0 spiro atoms. The van der Waals surface area contributed by atoms with Gasteiger partial charge in [0.15, 0.2) is 0 Å². The fourth-order valence-corrected chi connectivity index (χ4v) is 2.33. The van der Waals surface area contributed by atoms with E-state index in [1.54, 1.807) is 10.9 Å². The highest BCUT2D eigenvalue weighted by molar-refractivity contribution is 5.56. The van der Waals surface area contributed by atoms with Crippen molar-refractivity contribution in [2.75, 3.05) is 6.61 Å². The summed E-state index contributed by atoms with van der Waals surface area (Å²) in [6.45, 7) is 0.803. The first-order valence-electron chi connectivity index (χ1n) is 6.41. The highest BCUT2D eigenvalue weighted by Crippen LogP contribution is 2.17. The summed E-state index contributed by atoms with van der Waals surface area (Å²) < 4.78 is 7.26. The molecule has 1 fully saturated rings. The summed E-state index contributed by atoms with van der Waals surface area (Å²) in [5, 5.41) is 4.10. The molecule has 0 amide bonds. The van der Waals surface area contributed by atoms with E-state index in [2.05, 4.69) is 15.1 Å². The number of nitrogens with zero attached hydrogens (tertiary/aromatic N) is 3. The predicted molar refractivity (Wildman–Crippen MR) is 69.7 cm³/mol. The van der Waals surface area contributed by atoms with Crippen LogP contribution in [0.15, 0.2) is 23.3 Å². The Morgan fingerprint density at radius 2 is 2.47 bits per heavy atom. The monoisotopic (exact) mass is 260 g/mol. The van der Waals surface area contributed by atoms with Crippen LogP contribution in [0, 0.1) is 0 Å². The minimum atomic E-state index is -0.137. The number of hydrogen-bond donors (Lipinski definition) is 1. The largest absolute Gasteiger partial charge is 0.378 e. The number of aromatic amines is 1. The number of aryl methyl sites for hydroxylation is 1. The van der Waals surface area contributed by atoms with Crippen LogP contribution in [0.1, 0.15) is 18.7 Å². The Labute approximate surface area is 110 Å². The third-order valence-corrected chi connectivity index (χ3v) is 3.24. The Bertz CT molecular complexity index is 626. The lowest BCUT2D eigenvalue weighted by molar-refractivity contribution is 0.110. The zero-order valence-corrected chi connectivity index (χ0v) is 10.8. The van der Waals surface area contributed by atoms with Gasteiger partial charge in [-0.3, -0.25) is 9.48 Å². The van der Waals surface area contributed by atoms with Crippen LogP contribution in [0.25, 0.3) is 11.3 Å². The molecular formula is C13H16N4O2. The molecule has 2 aromatic rings. The molecule has 6 heteroatoms. The van der Waals surface area contributed by atoms with E-state index >= 15 is 0 Å². The maximum Gasteiger partial charge on any atom is 0.251 e. The summed E-state index contributed by atoms with van der Waals surface area (Å²) in [7, 11) is 1.84. The van der Waals surface area contributed by atoms with E-state index < -0.39 is 0 Å². The van der Waals surface area contributed by atoms with Gasteiger partial charge in [-0.2, -0.15) is 5.10 Å². The molecule has 1 N–H and O–H groups in total. The highest BCUT2D eigenvalue weighted by atomic mass is 16.5. The maximum atomic E-state index is 11.7. The minimum absolute atomic E-state index is 0.137. The van der Waals surface area contributed by atoms with Crippen molar-refractivity contribution < 1.29 is 4.74 Å². The molecule has 2 aromatic heterocycles. The van der Waals surface area contributed by atoms with Crippen LogP contribution in [0.2, 0.25) is 0 Å². The van der Waals surface area contributed by atoms with E-state index in [0.29, 0.717) is 17.9 Å². The van der Waals surface area contributed by atoms with Crippen molar-refractivity contribution in [3.8, 4) is 11.3 Å². The van der Waals surface area contributed by atoms with E-state index in [1.165, 1.54) is 6.07 Å². The predicted octanol–water partition coefficient (Wildman–Crippen LogP) is 0.892. The smallest absolute Gasteiger partial charge is 0.251 e. The molecule has 0 aliphatic carbocycles. The molecule has 1 saturated heterocycles. The molecule has 0 saturated carbocycles. The summed E-state index contributed by atoms with van der Waals surface area (Å²) in [5.41, 5.74) is 1.37. The van der Waals surface area contributed by atoms with Gasteiger partial charge in [-0.25, -0.2) is 4.98 Å². The van der Waals surface area contributed by atoms with Crippen LogP contribution < -0.4 is 5.56 Å². The Morgan fingerprint density at radius 3 is 3.16 bits per heavy atom. The normalized spacial score (nSPS) is 18.9. The van der Waals surface area contributed by atoms with Gasteiger partial charge in [0.1, 0.15) is 5.82 Å². The summed E-state index contributed by atoms with van der Waals surface area (Å²) in [5.74, 6) is 0.679. The minimum Gasteiger partial charge on any atom is -0.378 e. The molecule has 1 atom stereocenters. The number of rotatable bonds is 3. The van der Waals surface area contributed by atoms with Gasteiger partial charge in [-0.15, -0.1) is 0 Å². The Kier molecular flexibility index (Phi) is 3.16. The van der Waals surface area contributed by atoms with Gasteiger partial charge in [-0.1, -0.05) is 0 Å². The number of H-pyrrole nitrogens is 1. The molecule has 6 nitrogen and oxygen atoms in total. The first kappa shape index (κ1) is 12.1. The molecule has 0 aromatic carbocycles. The van der Waals surface area contributed by atoms with Crippen molar-refractivity contribution in [1.29, 1.82) is 0 Å². The molecule has 1 aliphatic rings. The lowest BCUT2D eigenvalue weighted by Crippen LogP contribution is -2.17. The van der Waals surface area contributed by atoms with Crippen molar-refractivity contribution in [2.45, 2.75) is 25.4 Å². The average molecular weight is 260 g/mol. The molecular weight excluding hydrogens is 244 g/mol. The van der Waals surface area contributed by atoms with Crippen molar-refractivity contribution in [3.05, 3.63) is 34.6 Å². The Balaban J connectivity index is 1.89. The summed E-state index contributed by atoms with van der Waals surface area (Å²) in [4.78, 5) is 19.0.